The number of nitrogens with zero attached hydrogens (tertiary/aromatic N) is 2. The molecule has 0 unspecified atom stereocenters. The highest BCUT2D eigenvalue weighted by Crippen LogP contribution is 2.26. The highest BCUT2D eigenvalue weighted by molar-refractivity contribution is 6.35. The average molecular weight is 404 g/mol. The van der Waals surface area contributed by atoms with Gasteiger partial charge in [0, 0.05) is 28.1 Å². The number of amides is 1. The minimum absolute atomic E-state index is 0.0853. The molecular formula is C20H19Cl2N3O2. The van der Waals surface area contributed by atoms with Gasteiger partial charge in [-0.3, -0.25) is 4.79 Å². The van der Waals surface area contributed by atoms with Crippen molar-refractivity contribution in [1.29, 1.82) is 0 Å². The molecule has 0 spiro atoms. The quantitative estimate of drug-likeness (QED) is 0.615. The standard InChI is InChI=1S/C20H19Cl2N3O2/c1-27-15-8-5-14(6-9-15)7-10-20(26)24-19-11-12-23-25(19)13-16-17(21)3-2-4-18(16)22/h2-6,8-9,11-12H,7,10,13H2,1H3,(H,24,26). The highest BCUT2D eigenvalue weighted by atomic mass is 35.5. The molecule has 0 bridgehead atoms. The minimum Gasteiger partial charge on any atom is -0.497 e. The fourth-order valence-electron chi connectivity index (χ4n) is 2.65. The predicted octanol–water partition coefficient (Wildman–Crippen LogP) is 4.82. The van der Waals surface area contributed by atoms with E-state index in [1.165, 1.54) is 0 Å². The van der Waals surface area contributed by atoms with E-state index in [1.54, 1.807) is 42.3 Å². The summed E-state index contributed by atoms with van der Waals surface area (Å²) in [7, 11) is 1.63. The van der Waals surface area contributed by atoms with Crippen molar-refractivity contribution >= 4 is 34.9 Å². The Labute approximate surface area is 167 Å². The van der Waals surface area contributed by atoms with Crippen molar-refractivity contribution < 1.29 is 9.53 Å². The summed E-state index contributed by atoms with van der Waals surface area (Å²) in [5, 5.41) is 8.28. The first kappa shape index (κ1) is 19.3. The first-order valence-corrected chi connectivity index (χ1v) is 9.20. The van der Waals surface area contributed by atoms with Crippen LogP contribution in [0.1, 0.15) is 17.5 Å². The molecular weight excluding hydrogens is 385 g/mol. The molecule has 0 saturated carbocycles. The summed E-state index contributed by atoms with van der Waals surface area (Å²) < 4.78 is 6.80. The third-order valence-corrected chi connectivity index (χ3v) is 4.86. The first-order chi connectivity index (χ1) is 13.1. The summed E-state index contributed by atoms with van der Waals surface area (Å²) in [6.07, 6.45) is 2.63. The van der Waals surface area contributed by atoms with Gasteiger partial charge in [0.25, 0.3) is 0 Å². The topological polar surface area (TPSA) is 56.1 Å². The Hall–Kier alpha value is -2.50. The predicted molar refractivity (Wildman–Crippen MR) is 108 cm³/mol. The smallest absolute Gasteiger partial charge is 0.225 e. The maximum absolute atomic E-state index is 12.3. The number of rotatable bonds is 7. The Morgan fingerprint density at radius 2 is 1.81 bits per heavy atom. The number of aromatic nitrogens is 2. The van der Waals surface area contributed by atoms with Gasteiger partial charge < -0.3 is 10.1 Å². The normalized spacial score (nSPS) is 10.6. The number of anilines is 1. The van der Waals surface area contributed by atoms with E-state index in [2.05, 4.69) is 10.4 Å². The second-order valence-corrected chi connectivity index (χ2v) is 6.78. The first-order valence-electron chi connectivity index (χ1n) is 8.44. The SMILES string of the molecule is COc1ccc(CCC(=O)Nc2ccnn2Cc2c(Cl)cccc2Cl)cc1. The van der Waals surface area contributed by atoms with Crippen molar-refractivity contribution in [2.24, 2.45) is 0 Å². The molecule has 1 aromatic heterocycles. The molecule has 0 aliphatic carbocycles. The van der Waals surface area contributed by atoms with Crippen molar-refractivity contribution in [3.63, 3.8) is 0 Å². The van der Waals surface area contributed by atoms with Crippen LogP contribution in [0.5, 0.6) is 5.75 Å². The van der Waals surface area contributed by atoms with E-state index in [9.17, 15) is 4.79 Å². The zero-order valence-electron chi connectivity index (χ0n) is 14.8. The van der Waals surface area contributed by atoms with Gasteiger partial charge in [-0.2, -0.15) is 5.10 Å². The van der Waals surface area contributed by atoms with Crippen molar-refractivity contribution in [2.45, 2.75) is 19.4 Å². The molecule has 5 nitrogen and oxygen atoms in total. The monoisotopic (exact) mass is 403 g/mol. The number of carbonyl (C=O) groups is 1. The van der Waals surface area contributed by atoms with Gasteiger partial charge in [-0.1, -0.05) is 41.4 Å². The van der Waals surface area contributed by atoms with E-state index in [0.29, 0.717) is 35.2 Å². The van der Waals surface area contributed by atoms with Crippen molar-refractivity contribution in [3.05, 3.63) is 75.9 Å². The Kier molecular flexibility index (Phi) is 6.37. The lowest BCUT2D eigenvalue weighted by Crippen LogP contribution is -2.16. The lowest BCUT2D eigenvalue weighted by molar-refractivity contribution is -0.116. The van der Waals surface area contributed by atoms with E-state index < -0.39 is 0 Å². The molecule has 3 rings (SSSR count). The van der Waals surface area contributed by atoms with Gasteiger partial charge in [-0.25, -0.2) is 4.68 Å². The summed E-state index contributed by atoms with van der Waals surface area (Å²) >= 11 is 12.4. The number of methoxy groups -OCH3 is 1. The number of nitrogens with one attached hydrogen (secondary N) is 1. The molecule has 2 aromatic carbocycles. The van der Waals surface area contributed by atoms with Gasteiger partial charge in [0.15, 0.2) is 0 Å². The largest absolute Gasteiger partial charge is 0.497 e. The van der Waals surface area contributed by atoms with Gasteiger partial charge in [-0.15, -0.1) is 0 Å². The van der Waals surface area contributed by atoms with Crippen LogP contribution in [0.25, 0.3) is 0 Å². The van der Waals surface area contributed by atoms with Gasteiger partial charge >= 0.3 is 0 Å². The molecule has 27 heavy (non-hydrogen) atoms. The van der Waals surface area contributed by atoms with Crippen LogP contribution in [0.2, 0.25) is 10.0 Å². The van der Waals surface area contributed by atoms with Crippen LogP contribution in [0.4, 0.5) is 5.82 Å². The van der Waals surface area contributed by atoms with E-state index in [4.69, 9.17) is 27.9 Å². The summed E-state index contributed by atoms with van der Waals surface area (Å²) in [5.74, 6) is 1.31. The zero-order valence-corrected chi connectivity index (χ0v) is 16.3. The van der Waals surface area contributed by atoms with E-state index in [1.807, 2.05) is 24.3 Å². The van der Waals surface area contributed by atoms with E-state index >= 15 is 0 Å². The fraction of sp³-hybridized carbons (Fsp3) is 0.200. The molecule has 0 radical (unpaired) electrons. The van der Waals surface area contributed by atoms with Gasteiger partial charge in [-0.05, 0) is 36.2 Å². The van der Waals surface area contributed by atoms with Crippen molar-refractivity contribution in [1.82, 2.24) is 9.78 Å². The van der Waals surface area contributed by atoms with E-state index in [0.717, 1.165) is 16.9 Å². The van der Waals surface area contributed by atoms with Crippen molar-refractivity contribution in [2.75, 3.05) is 12.4 Å². The minimum atomic E-state index is -0.0853. The molecule has 1 N–H and O–H groups in total. The molecule has 7 heteroatoms. The maximum atomic E-state index is 12.3. The van der Waals surface area contributed by atoms with Gasteiger partial charge in [0.1, 0.15) is 11.6 Å². The van der Waals surface area contributed by atoms with Crippen LogP contribution in [0.15, 0.2) is 54.7 Å². The number of benzene rings is 2. The number of hydrogen-bond acceptors (Lipinski definition) is 3. The fourth-order valence-corrected chi connectivity index (χ4v) is 3.17. The van der Waals surface area contributed by atoms with Crippen LogP contribution in [0, 0.1) is 0 Å². The van der Waals surface area contributed by atoms with Gasteiger partial charge in [0.2, 0.25) is 5.91 Å². The molecule has 3 aromatic rings. The molecule has 1 heterocycles. The third kappa shape index (κ3) is 5.02. The lowest BCUT2D eigenvalue weighted by atomic mass is 10.1. The van der Waals surface area contributed by atoms with E-state index in [-0.39, 0.29) is 5.91 Å². The zero-order chi connectivity index (χ0) is 19.2. The second kappa shape index (κ2) is 8.93. The molecule has 140 valence electrons. The molecule has 0 atom stereocenters. The number of carbonyl (C=O) groups excluding carboxylic acids is 1. The number of aryl methyl sites for hydroxylation is 1. The Morgan fingerprint density at radius 1 is 1.11 bits per heavy atom. The van der Waals surface area contributed by atoms with Crippen molar-refractivity contribution in [3.8, 4) is 5.75 Å². The third-order valence-electron chi connectivity index (χ3n) is 4.15. The van der Waals surface area contributed by atoms with Crippen LogP contribution < -0.4 is 10.1 Å². The number of ether oxygens (including phenoxy) is 1. The number of hydrogen-bond donors (Lipinski definition) is 1. The molecule has 0 aliphatic rings. The van der Waals surface area contributed by atoms with Crippen LogP contribution in [0.3, 0.4) is 0 Å². The van der Waals surface area contributed by atoms with Crippen LogP contribution in [-0.4, -0.2) is 22.8 Å². The Balaban J connectivity index is 1.61. The summed E-state index contributed by atoms with van der Waals surface area (Å²) in [5.41, 5.74) is 1.83. The molecule has 0 fully saturated rings. The molecule has 1 amide bonds. The summed E-state index contributed by atoms with van der Waals surface area (Å²) in [6.45, 7) is 0.375. The highest BCUT2D eigenvalue weighted by Gasteiger charge is 2.12. The van der Waals surface area contributed by atoms with Crippen LogP contribution >= 0.6 is 23.2 Å². The lowest BCUT2D eigenvalue weighted by Gasteiger charge is -2.11. The molecule has 0 saturated heterocycles. The maximum Gasteiger partial charge on any atom is 0.225 e. The second-order valence-electron chi connectivity index (χ2n) is 5.97. The summed E-state index contributed by atoms with van der Waals surface area (Å²) in [4.78, 5) is 12.3. The van der Waals surface area contributed by atoms with Crippen LogP contribution in [-0.2, 0) is 17.8 Å². The Morgan fingerprint density at radius 3 is 2.48 bits per heavy atom. The average Bonchev–Trinajstić information content (AvgIpc) is 3.10. The Bertz CT molecular complexity index is 903. The van der Waals surface area contributed by atoms with Gasteiger partial charge in [0.05, 0.1) is 19.9 Å². The number of halogens is 2. The molecule has 0 aliphatic heterocycles. The summed E-state index contributed by atoms with van der Waals surface area (Å²) in [6, 6.07) is 14.8.